The Morgan fingerprint density at radius 3 is 3.00 bits per heavy atom. The van der Waals surface area contributed by atoms with Crippen molar-refractivity contribution < 1.29 is 0 Å². The molecule has 0 aliphatic carbocycles. The predicted octanol–water partition coefficient (Wildman–Crippen LogP) is 2.20. The van der Waals surface area contributed by atoms with Crippen molar-refractivity contribution in [1.82, 2.24) is 10.3 Å². The Bertz CT molecular complexity index is 277. The number of hydrogen-bond donors (Lipinski definition) is 1. The molecule has 70 valence electrons. The molecule has 0 bridgehead atoms. The lowest BCUT2D eigenvalue weighted by Gasteiger charge is -2.23. The molecule has 1 N–H and O–H groups in total. The molecule has 1 aromatic heterocycles. The zero-order valence-electron chi connectivity index (χ0n) is 8.09. The molecular weight excluding hydrogens is 160 g/mol. The second-order valence-corrected chi connectivity index (χ2v) is 3.80. The van der Waals surface area contributed by atoms with Gasteiger partial charge in [0.05, 0.1) is 0 Å². The molecule has 13 heavy (non-hydrogen) atoms. The monoisotopic (exact) mass is 176 g/mol. The number of aromatic nitrogens is 1. The topological polar surface area (TPSA) is 24.9 Å². The van der Waals surface area contributed by atoms with E-state index in [1.807, 2.05) is 12.4 Å². The predicted molar refractivity (Wildman–Crippen MR) is 53.6 cm³/mol. The van der Waals surface area contributed by atoms with Gasteiger partial charge < -0.3 is 5.32 Å². The highest BCUT2D eigenvalue weighted by Crippen LogP contribution is 2.22. The number of pyridine rings is 1. The molecule has 1 aliphatic rings. The normalized spacial score (nSPS) is 23.0. The Labute approximate surface area is 79.4 Å². The lowest BCUT2D eigenvalue weighted by molar-refractivity contribution is 0.411. The Hall–Kier alpha value is -0.890. The number of nitrogens with zero attached hydrogens (tertiary/aromatic N) is 1. The first kappa shape index (κ1) is 8.70. The molecule has 2 heteroatoms. The van der Waals surface area contributed by atoms with Crippen LogP contribution in [0.4, 0.5) is 0 Å². The van der Waals surface area contributed by atoms with Crippen LogP contribution in [0.15, 0.2) is 18.5 Å². The Morgan fingerprint density at radius 1 is 1.38 bits per heavy atom. The molecule has 0 radical (unpaired) electrons. The highest BCUT2D eigenvalue weighted by Gasteiger charge is 2.14. The van der Waals surface area contributed by atoms with Gasteiger partial charge in [0.1, 0.15) is 0 Å². The number of piperidine rings is 1. The minimum Gasteiger partial charge on any atom is -0.310 e. The molecule has 1 aliphatic heterocycles. The van der Waals surface area contributed by atoms with E-state index in [1.54, 1.807) is 0 Å². The summed E-state index contributed by atoms with van der Waals surface area (Å²) in [6, 6.07) is 2.77. The lowest BCUT2D eigenvalue weighted by Crippen LogP contribution is -2.26. The van der Waals surface area contributed by atoms with Gasteiger partial charge in [0, 0.05) is 18.4 Å². The average molecular weight is 176 g/mol. The van der Waals surface area contributed by atoms with E-state index in [4.69, 9.17) is 0 Å². The Morgan fingerprint density at radius 2 is 2.31 bits per heavy atom. The third-order valence-electron chi connectivity index (χ3n) is 2.61. The van der Waals surface area contributed by atoms with Crippen molar-refractivity contribution >= 4 is 0 Å². The van der Waals surface area contributed by atoms with Gasteiger partial charge >= 0.3 is 0 Å². The van der Waals surface area contributed by atoms with Crippen molar-refractivity contribution in [2.24, 2.45) is 0 Å². The van der Waals surface area contributed by atoms with Gasteiger partial charge in [0.2, 0.25) is 0 Å². The summed E-state index contributed by atoms with van der Waals surface area (Å²) in [5.74, 6) is 0. The second-order valence-electron chi connectivity index (χ2n) is 3.80. The van der Waals surface area contributed by atoms with Crippen molar-refractivity contribution in [2.75, 3.05) is 6.54 Å². The summed E-state index contributed by atoms with van der Waals surface area (Å²) < 4.78 is 0. The van der Waals surface area contributed by atoms with Gasteiger partial charge in [-0.05, 0) is 37.4 Å². The molecule has 2 rings (SSSR count). The van der Waals surface area contributed by atoms with Gasteiger partial charge in [-0.15, -0.1) is 0 Å². The third kappa shape index (κ3) is 2.07. The summed E-state index contributed by atoms with van der Waals surface area (Å²) in [7, 11) is 0. The molecule has 0 unspecified atom stereocenters. The van der Waals surface area contributed by atoms with Crippen LogP contribution in [0.3, 0.4) is 0 Å². The maximum atomic E-state index is 4.22. The van der Waals surface area contributed by atoms with Crippen molar-refractivity contribution in [3.05, 3.63) is 29.6 Å². The van der Waals surface area contributed by atoms with E-state index >= 15 is 0 Å². The van der Waals surface area contributed by atoms with Crippen molar-refractivity contribution in [2.45, 2.75) is 32.2 Å². The van der Waals surface area contributed by atoms with E-state index < -0.39 is 0 Å². The van der Waals surface area contributed by atoms with Gasteiger partial charge in [-0.2, -0.15) is 0 Å². The zero-order chi connectivity index (χ0) is 9.10. The Kier molecular flexibility index (Phi) is 2.60. The lowest BCUT2D eigenvalue weighted by atomic mass is 9.98. The van der Waals surface area contributed by atoms with E-state index in [9.17, 15) is 0 Å². The highest BCUT2D eigenvalue weighted by molar-refractivity contribution is 5.20. The van der Waals surface area contributed by atoms with Crippen molar-refractivity contribution in [3.8, 4) is 0 Å². The largest absolute Gasteiger partial charge is 0.310 e. The molecule has 0 spiro atoms. The molecule has 1 atom stereocenters. The molecule has 1 aromatic rings. The standard InChI is InChI=1S/C11H16N2/c1-9-6-10(8-12-7-9)11-4-2-3-5-13-11/h6-8,11,13H,2-5H2,1H3/t11-/m1/s1. The maximum absolute atomic E-state index is 4.22. The first-order valence-electron chi connectivity index (χ1n) is 5.01. The summed E-state index contributed by atoms with van der Waals surface area (Å²) in [6.45, 7) is 3.25. The molecule has 2 heterocycles. The minimum atomic E-state index is 0.543. The first-order valence-corrected chi connectivity index (χ1v) is 5.01. The van der Waals surface area contributed by atoms with Gasteiger partial charge in [0.15, 0.2) is 0 Å². The summed E-state index contributed by atoms with van der Waals surface area (Å²) in [6.07, 6.45) is 7.80. The molecule has 1 saturated heterocycles. The highest BCUT2D eigenvalue weighted by atomic mass is 14.9. The van der Waals surface area contributed by atoms with Crippen LogP contribution < -0.4 is 5.32 Å². The number of aryl methyl sites for hydroxylation is 1. The molecule has 1 fully saturated rings. The SMILES string of the molecule is Cc1cncc([C@H]2CCCCN2)c1. The van der Waals surface area contributed by atoms with Crippen LogP contribution in [-0.2, 0) is 0 Å². The molecule has 2 nitrogen and oxygen atoms in total. The molecule has 0 saturated carbocycles. The van der Waals surface area contributed by atoms with Crippen LogP contribution in [-0.4, -0.2) is 11.5 Å². The van der Waals surface area contributed by atoms with Gasteiger partial charge in [-0.25, -0.2) is 0 Å². The van der Waals surface area contributed by atoms with Gasteiger partial charge in [0.25, 0.3) is 0 Å². The summed E-state index contributed by atoms with van der Waals surface area (Å²) in [5.41, 5.74) is 2.60. The van der Waals surface area contributed by atoms with Crippen LogP contribution in [0.5, 0.6) is 0 Å². The number of nitrogens with one attached hydrogen (secondary N) is 1. The minimum absolute atomic E-state index is 0.543. The molecule has 0 aromatic carbocycles. The molecular formula is C11H16N2. The fourth-order valence-electron chi connectivity index (χ4n) is 1.91. The number of hydrogen-bond acceptors (Lipinski definition) is 2. The van der Waals surface area contributed by atoms with Crippen molar-refractivity contribution in [3.63, 3.8) is 0 Å². The fourth-order valence-corrected chi connectivity index (χ4v) is 1.91. The van der Waals surface area contributed by atoms with Crippen LogP contribution in [0, 0.1) is 6.92 Å². The maximum Gasteiger partial charge on any atom is 0.0335 e. The Balaban J connectivity index is 2.14. The van der Waals surface area contributed by atoms with E-state index in [0.717, 1.165) is 6.54 Å². The first-order chi connectivity index (χ1) is 6.36. The summed E-state index contributed by atoms with van der Waals surface area (Å²) in [4.78, 5) is 4.22. The smallest absolute Gasteiger partial charge is 0.0335 e. The van der Waals surface area contributed by atoms with Crippen LogP contribution in [0.25, 0.3) is 0 Å². The fraction of sp³-hybridized carbons (Fsp3) is 0.545. The quantitative estimate of drug-likeness (QED) is 0.709. The van der Waals surface area contributed by atoms with Gasteiger partial charge in [-0.1, -0.05) is 12.5 Å². The van der Waals surface area contributed by atoms with Gasteiger partial charge in [-0.3, -0.25) is 4.98 Å². The van der Waals surface area contributed by atoms with Crippen molar-refractivity contribution in [1.29, 1.82) is 0 Å². The van der Waals surface area contributed by atoms with E-state index in [0.29, 0.717) is 6.04 Å². The van der Waals surface area contributed by atoms with E-state index in [2.05, 4.69) is 23.3 Å². The zero-order valence-corrected chi connectivity index (χ0v) is 8.09. The second kappa shape index (κ2) is 3.88. The van der Waals surface area contributed by atoms with Crippen LogP contribution in [0.2, 0.25) is 0 Å². The molecule has 0 amide bonds. The van der Waals surface area contributed by atoms with E-state index in [1.165, 1.54) is 30.4 Å². The van der Waals surface area contributed by atoms with E-state index in [-0.39, 0.29) is 0 Å². The third-order valence-corrected chi connectivity index (χ3v) is 2.61. The van der Waals surface area contributed by atoms with Crippen LogP contribution in [0.1, 0.15) is 36.4 Å². The van der Waals surface area contributed by atoms with Crippen LogP contribution >= 0.6 is 0 Å². The summed E-state index contributed by atoms with van der Waals surface area (Å²) in [5, 5.41) is 3.52. The number of rotatable bonds is 1. The average Bonchev–Trinajstić information content (AvgIpc) is 2.19. The summed E-state index contributed by atoms with van der Waals surface area (Å²) >= 11 is 0.